The van der Waals surface area contributed by atoms with Crippen LogP contribution in [0.4, 0.5) is 0 Å². The first-order chi connectivity index (χ1) is 6.59. The van der Waals surface area contributed by atoms with E-state index in [1.54, 1.807) is 0 Å². The molecule has 0 radical (unpaired) electrons. The van der Waals surface area contributed by atoms with Crippen LogP contribution in [0.1, 0.15) is 39.0 Å². The number of aliphatic hydroxyl groups excluding tert-OH is 1. The van der Waals surface area contributed by atoms with E-state index in [1.165, 1.54) is 6.92 Å². The SMILES string of the molecule is CC(=O)CC(=O)NC1CCCCC1O. The van der Waals surface area contributed by atoms with Crippen molar-refractivity contribution in [2.24, 2.45) is 0 Å². The Bertz CT molecular complexity index is 227. The molecule has 0 saturated heterocycles. The van der Waals surface area contributed by atoms with Gasteiger partial charge in [0.2, 0.25) is 5.91 Å². The third kappa shape index (κ3) is 3.46. The van der Waals surface area contributed by atoms with Gasteiger partial charge in [0, 0.05) is 0 Å². The van der Waals surface area contributed by atoms with Crippen LogP contribution < -0.4 is 5.32 Å². The van der Waals surface area contributed by atoms with E-state index in [1.807, 2.05) is 0 Å². The summed E-state index contributed by atoms with van der Waals surface area (Å²) in [7, 11) is 0. The van der Waals surface area contributed by atoms with Crippen molar-refractivity contribution in [3.63, 3.8) is 0 Å². The average Bonchev–Trinajstić information content (AvgIpc) is 2.07. The van der Waals surface area contributed by atoms with Crippen LogP contribution in [0, 0.1) is 0 Å². The van der Waals surface area contributed by atoms with E-state index in [-0.39, 0.29) is 24.2 Å². The standard InChI is InChI=1S/C10H17NO3/c1-7(12)6-10(14)11-8-4-2-3-5-9(8)13/h8-9,13H,2-6H2,1H3,(H,11,14). The van der Waals surface area contributed by atoms with Gasteiger partial charge in [0.1, 0.15) is 5.78 Å². The summed E-state index contributed by atoms with van der Waals surface area (Å²) < 4.78 is 0. The highest BCUT2D eigenvalue weighted by atomic mass is 16.3. The lowest BCUT2D eigenvalue weighted by atomic mass is 9.92. The van der Waals surface area contributed by atoms with E-state index >= 15 is 0 Å². The molecule has 4 nitrogen and oxygen atoms in total. The highest BCUT2D eigenvalue weighted by molar-refractivity contribution is 5.96. The maximum Gasteiger partial charge on any atom is 0.227 e. The van der Waals surface area contributed by atoms with E-state index in [2.05, 4.69) is 5.32 Å². The Hall–Kier alpha value is -0.900. The van der Waals surface area contributed by atoms with Gasteiger partial charge in [-0.3, -0.25) is 9.59 Å². The summed E-state index contributed by atoms with van der Waals surface area (Å²) in [6, 6.07) is -0.157. The van der Waals surface area contributed by atoms with Crippen molar-refractivity contribution in [1.29, 1.82) is 0 Å². The molecule has 0 aliphatic heterocycles. The summed E-state index contributed by atoms with van der Waals surface area (Å²) in [4.78, 5) is 21.9. The van der Waals surface area contributed by atoms with E-state index in [0.717, 1.165) is 25.7 Å². The molecule has 0 aromatic heterocycles. The quantitative estimate of drug-likeness (QED) is 0.646. The lowest BCUT2D eigenvalue weighted by Gasteiger charge is -2.28. The Morgan fingerprint density at radius 1 is 1.36 bits per heavy atom. The predicted octanol–water partition coefficient (Wildman–Crippen LogP) is 0.385. The molecule has 14 heavy (non-hydrogen) atoms. The first-order valence-corrected chi connectivity index (χ1v) is 5.06. The molecule has 0 bridgehead atoms. The van der Waals surface area contributed by atoms with Crippen LogP contribution in [0.3, 0.4) is 0 Å². The van der Waals surface area contributed by atoms with Crippen molar-refractivity contribution in [2.75, 3.05) is 0 Å². The number of rotatable bonds is 3. The average molecular weight is 199 g/mol. The second-order valence-electron chi connectivity index (χ2n) is 3.90. The summed E-state index contributed by atoms with van der Waals surface area (Å²) in [5, 5.41) is 12.2. The normalized spacial score (nSPS) is 27.0. The minimum atomic E-state index is -0.445. The minimum absolute atomic E-state index is 0.0801. The van der Waals surface area contributed by atoms with Crippen molar-refractivity contribution in [1.82, 2.24) is 5.32 Å². The summed E-state index contributed by atoms with van der Waals surface area (Å²) in [5.41, 5.74) is 0. The molecule has 1 fully saturated rings. The lowest BCUT2D eigenvalue weighted by Crippen LogP contribution is -2.45. The Morgan fingerprint density at radius 2 is 2.00 bits per heavy atom. The second kappa shape index (κ2) is 5.10. The fraction of sp³-hybridized carbons (Fsp3) is 0.800. The number of carbonyl (C=O) groups excluding carboxylic acids is 2. The number of aliphatic hydroxyl groups is 1. The molecule has 2 unspecified atom stereocenters. The van der Waals surface area contributed by atoms with Crippen molar-refractivity contribution >= 4 is 11.7 Å². The first kappa shape index (κ1) is 11.2. The van der Waals surface area contributed by atoms with Gasteiger partial charge in [0.25, 0.3) is 0 Å². The molecule has 2 N–H and O–H groups in total. The maximum absolute atomic E-state index is 11.2. The fourth-order valence-electron chi connectivity index (χ4n) is 1.76. The van der Waals surface area contributed by atoms with Gasteiger partial charge in [-0.05, 0) is 19.8 Å². The molecular formula is C10H17NO3. The van der Waals surface area contributed by atoms with Crippen LogP contribution in [0.15, 0.2) is 0 Å². The van der Waals surface area contributed by atoms with E-state index < -0.39 is 6.10 Å². The summed E-state index contributed by atoms with van der Waals surface area (Å²) in [6.07, 6.45) is 3.07. The highest BCUT2D eigenvalue weighted by Gasteiger charge is 2.24. The van der Waals surface area contributed by atoms with Gasteiger partial charge >= 0.3 is 0 Å². The Labute approximate surface area is 83.7 Å². The van der Waals surface area contributed by atoms with Gasteiger partial charge in [-0.2, -0.15) is 0 Å². The topological polar surface area (TPSA) is 66.4 Å². The molecule has 1 aliphatic rings. The Balaban J connectivity index is 2.34. The molecule has 4 heteroatoms. The summed E-state index contributed by atoms with van der Waals surface area (Å²) >= 11 is 0. The van der Waals surface area contributed by atoms with E-state index in [0.29, 0.717) is 0 Å². The number of Topliss-reactive ketones (excluding diaryl/α,β-unsaturated/α-hetero) is 1. The van der Waals surface area contributed by atoms with Crippen LogP contribution >= 0.6 is 0 Å². The molecule has 0 heterocycles. The van der Waals surface area contributed by atoms with E-state index in [9.17, 15) is 14.7 Å². The van der Waals surface area contributed by atoms with Crippen molar-refractivity contribution < 1.29 is 14.7 Å². The van der Waals surface area contributed by atoms with Gasteiger partial charge in [-0.1, -0.05) is 12.8 Å². The van der Waals surface area contributed by atoms with Crippen LogP contribution in [0.2, 0.25) is 0 Å². The third-order valence-electron chi connectivity index (χ3n) is 2.49. The third-order valence-corrected chi connectivity index (χ3v) is 2.49. The number of hydrogen-bond donors (Lipinski definition) is 2. The number of amides is 1. The first-order valence-electron chi connectivity index (χ1n) is 5.06. The molecule has 80 valence electrons. The van der Waals surface area contributed by atoms with Crippen molar-refractivity contribution in [3.8, 4) is 0 Å². The molecule has 2 atom stereocenters. The van der Waals surface area contributed by atoms with Crippen LogP contribution in [0.25, 0.3) is 0 Å². The summed E-state index contributed by atoms with van der Waals surface area (Å²) in [5.74, 6) is -0.420. The zero-order chi connectivity index (χ0) is 10.6. The second-order valence-corrected chi connectivity index (χ2v) is 3.90. The van der Waals surface area contributed by atoms with Crippen LogP contribution in [-0.4, -0.2) is 28.9 Å². The summed E-state index contributed by atoms with van der Waals surface area (Å²) in [6.45, 7) is 1.39. The predicted molar refractivity (Wildman–Crippen MR) is 51.7 cm³/mol. The Kier molecular flexibility index (Phi) is 4.07. The smallest absolute Gasteiger partial charge is 0.227 e. The maximum atomic E-state index is 11.2. The molecule has 1 rings (SSSR count). The van der Waals surface area contributed by atoms with Gasteiger partial charge in [-0.25, -0.2) is 0 Å². The zero-order valence-corrected chi connectivity index (χ0v) is 8.45. The van der Waals surface area contributed by atoms with Crippen LogP contribution in [-0.2, 0) is 9.59 Å². The van der Waals surface area contributed by atoms with Crippen molar-refractivity contribution in [3.05, 3.63) is 0 Å². The van der Waals surface area contributed by atoms with Crippen LogP contribution in [0.5, 0.6) is 0 Å². The fourth-order valence-corrected chi connectivity index (χ4v) is 1.76. The number of ketones is 1. The molecule has 1 saturated carbocycles. The number of carbonyl (C=O) groups is 2. The van der Waals surface area contributed by atoms with E-state index in [4.69, 9.17) is 0 Å². The van der Waals surface area contributed by atoms with Gasteiger partial charge < -0.3 is 10.4 Å². The monoisotopic (exact) mass is 199 g/mol. The Morgan fingerprint density at radius 3 is 2.57 bits per heavy atom. The molecule has 0 spiro atoms. The lowest BCUT2D eigenvalue weighted by molar-refractivity contribution is -0.128. The zero-order valence-electron chi connectivity index (χ0n) is 8.45. The number of hydrogen-bond acceptors (Lipinski definition) is 3. The molecular weight excluding hydrogens is 182 g/mol. The molecule has 0 aromatic rings. The van der Waals surface area contributed by atoms with Crippen molar-refractivity contribution in [2.45, 2.75) is 51.2 Å². The molecule has 0 aromatic carbocycles. The highest BCUT2D eigenvalue weighted by Crippen LogP contribution is 2.18. The largest absolute Gasteiger partial charge is 0.391 e. The molecule has 1 aliphatic carbocycles. The van der Waals surface area contributed by atoms with Gasteiger partial charge in [-0.15, -0.1) is 0 Å². The number of nitrogens with one attached hydrogen (secondary N) is 1. The molecule has 1 amide bonds. The van der Waals surface area contributed by atoms with Gasteiger partial charge in [0.15, 0.2) is 0 Å². The van der Waals surface area contributed by atoms with Gasteiger partial charge in [0.05, 0.1) is 18.6 Å². The minimum Gasteiger partial charge on any atom is -0.391 e.